The Bertz CT molecular complexity index is 79.0. The molecule has 2 N–H and O–H groups in total. The molecule has 0 unspecified atom stereocenters. The first kappa shape index (κ1) is 9.31. The predicted molar refractivity (Wildman–Crippen MR) is 40.5 cm³/mol. The first-order valence-electron chi connectivity index (χ1n) is 2.86. The van der Waals surface area contributed by atoms with Gasteiger partial charge in [-0.15, -0.1) is 0 Å². The monoisotopic (exact) mass is 166 g/mol. The molecule has 0 aliphatic heterocycles. The van der Waals surface area contributed by atoms with Gasteiger partial charge in [-0.05, 0) is 19.6 Å². The number of hydrogen-bond donors (Lipinski definition) is 2. The Hall–Kier alpha value is 0.314. The van der Waals surface area contributed by atoms with Crippen LogP contribution in [0.25, 0.3) is 0 Å². The van der Waals surface area contributed by atoms with E-state index in [0.717, 1.165) is 0 Å². The van der Waals surface area contributed by atoms with Gasteiger partial charge in [-0.2, -0.15) is 0 Å². The van der Waals surface area contributed by atoms with Crippen molar-refractivity contribution in [2.24, 2.45) is 0 Å². The molecule has 0 amide bonds. The van der Waals surface area contributed by atoms with Crippen molar-refractivity contribution in [3.8, 4) is 0 Å². The summed E-state index contributed by atoms with van der Waals surface area (Å²) >= 11 is 0. The van der Waals surface area contributed by atoms with Crippen LogP contribution in [-0.4, -0.2) is 26.7 Å². The van der Waals surface area contributed by atoms with Crippen LogP contribution >= 0.6 is 0 Å². The molecule has 0 aliphatic rings. The van der Waals surface area contributed by atoms with Crippen LogP contribution in [0.3, 0.4) is 0 Å². The fourth-order valence-corrected chi connectivity index (χ4v) is 5.22. The molecule has 0 atom stereocenters. The Kier molecular flexibility index (Phi) is 2.60. The lowest BCUT2D eigenvalue weighted by molar-refractivity contribution is 0.247. The van der Waals surface area contributed by atoms with E-state index < -0.39 is 17.1 Å². The van der Waals surface area contributed by atoms with E-state index in [-0.39, 0.29) is 0 Å². The molecule has 0 rings (SSSR count). The SMILES string of the molecule is C[Si](C)(C)O[Si](C)(O)O. The summed E-state index contributed by atoms with van der Waals surface area (Å²) in [5, 5.41) is 0. The molecule has 3 nitrogen and oxygen atoms in total. The fourth-order valence-electron chi connectivity index (χ4n) is 0.580. The zero-order chi connectivity index (χ0) is 7.71. The normalized spacial score (nSPS) is 14.0. The van der Waals surface area contributed by atoms with Crippen molar-refractivity contribution in [2.75, 3.05) is 0 Å². The molecule has 0 bridgehead atoms. The molecule has 0 aromatic heterocycles. The van der Waals surface area contributed by atoms with Gasteiger partial charge in [0.15, 0.2) is 8.32 Å². The van der Waals surface area contributed by atoms with E-state index in [0.29, 0.717) is 0 Å². The Labute approximate surface area is 57.8 Å². The molecule has 0 saturated heterocycles. The van der Waals surface area contributed by atoms with Crippen LogP contribution in [0.15, 0.2) is 0 Å². The van der Waals surface area contributed by atoms with Gasteiger partial charge in [-0.1, -0.05) is 0 Å². The molecule has 9 heavy (non-hydrogen) atoms. The maximum atomic E-state index is 8.86. The summed E-state index contributed by atoms with van der Waals surface area (Å²) in [5.74, 6) is 0. The molecular weight excluding hydrogens is 152 g/mol. The second-order valence-electron chi connectivity index (χ2n) is 3.15. The second-order valence-corrected chi connectivity index (χ2v) is 10.1. The lowest BCUT2D eigenvalue weighted by Gasteiger charge is -2.23. The van der Waals surface area contributed by atoms with Crippen molar-refractivity contribution in [2.45, 2.75) is 26.2 Å². The van der Waals surface area contributed by atoms with Gasteiger partial charge in [-0.25, -0.2) is 0 Å². The zero-order valence-electron chi connectivity index (χ0n) is 6.30. The molecule has 0 spiro atoms. The zero-order valence-corrected chi connectivity index (χ0v) is 8.30. The molecule has 56 valence electrons. The van der Waals surface area contributed by atoms with Gasteiger partial charge in [0.2, 0.25) is 0 Å². The van der Waals surface area contributed by atoms with Crippen LogP contribution in [0.1, 0.15) is 0 Å². The first-order valence-corrected chi connectivity index (χ1v) is 8.57. The van der Waals surface area contributed by atoms with Crippen molar-refractivity contribution in [3.63, 3.8) is 0 Å². The minimum absolute atomic E-state index is 1.35. The lowest BCUT2D eigenvalue weighted by Crippen LogP contribution is -2.44. The molecule has 0 fully saturated rings. The number of hydrogen-bond acceptors (Lipinski definition) is 3. The summed E-state index contributed by atoms with van der Waals surface area (Å²) in [6.07, 6.45) is 0. The molecular formula is C4H14O3Si2. The van der Waals surface area contributed by atoms with Gasteiger partial charge < -0.3 is 13.7 Å². The van der Waals surface area contributed by atoms with E-state index in [1.165, 1.54) is 6.55 Å². The third-order valence-electron chi connectivity index (χ3n) is 0.500. The summed E-state index contributed by atoms with van der Waals surface area (Å²) in [4.78, 5) is 17.7. The summed E-state index contributed by atoms with van der Waals surface area (Å²) in [6.45, 7) is 7.12. The van der Waals surface area contributed by atoms with E-state index >= 15 is 0 Å². The summed E-state index contributed by atoms with van der Waals surface area (Å²) < 4.78 is 5.01. The Morgan fingerprint density at radius 2 is 1.33 bits per heavy atom. The van der Waals surface area contributed by atoms with Crippen molar-refractivity contribution in [1.29, 1.82) is 0 Å². The third-order valence-corrected chi connectivity index (χ3v) is 4.50. The van der Waals surface area contributed by atoms with E-state index in [1.807, 2.05) is 19.6 Å². The average molecular weight is 166 g/mol. The van der Waals surface area contributed by atoms with Crippen LogP contribution in [-0.2, 0) is 4.12 Å². The lowest BCUT2D eigenvalue weighted by atomic mass is 11.8. The standard InChI is InChI=1S/C4H14O3Si2/c1-8(2,3)7-9(4,5)6/h5-6H,1-4H3. The third kappa shape index (κ3) is 8.31. The molecule has 5 heteroatoms. The van der Waals surface area contributed by atoms with E-state index in [1.54, 1.807) is 0 Å². The minimum atomic E-state index is -3.23. The number of rotatable bonds is 2. The molecule has 0 radical (unpaired) electrons. The van der Waals surface area contributed by atoms with Crippen molar-refractivity contribution in [3.05, 3.63) is 0 Å². The van der Waals surface area contributed by atoms with E-state index in [2.05, 4.69) is 0 Å². The second kappa shape index (κ2) is 2.51. The molecule has 0 aliphatic carbocycles. The topological polar surface area (TPSA) is 49.7 Å². The van der Waals surface area contributed by atoms with Gasteiger partial charge in [0, 0.05) is 6.55 Å². The predicted octanol–water partition coefficient (Wildman–Crippen LogP) is 0.391. The molecule has 0 saturated carbocycles. The van der Waals surface area contributed by atoms with Crippen LogP contribution < -0.4 is 0 Å². The highest BCUT2D eigenvalue weighted by Gasteiger charge is 2.31. The van der Waals surface area contributed by atoms with Crippen LogP contribution in [0, 0.1) is 0 Å². The van der Waals surface area contributed by atoms with Gasteiger partial charge >= 0.3 is 8.80 Å². The fraction of sp³-hybridized carbons (Fsp3) is 1.00. The summed E-state index contributed by atoms with van der Waals surface area (Å²) in [6, 6.07) is 0. The molecule has 0 aromatic carbocycles. The summed E-state index contributed by atoms with van der Waals surface area (Å²) in [5.41, 5.74) is 0. The van der Waals surface area contributed by atoms with Gasteiger partial charge in [0.25, 0.3) is 0 Å². The highest BCUT2D eigenvalue weighted by atomic mass is 28.5. The van der Waals surface area contributed by atoms with Crippen molar-refractivity contribution in [1.82, 2.24) is 0 Å². The first-order chi connectivity index (χ1) is 3.71. The largest absolute Gasteiger partial charge is 0.481 e. The smallest absolute Gasteiger partial charge is 0.416 e. The average Bonchev–Trinajstić information content (AvgIpc) is 1.14. The van der Waals surface area contributed by atoms with Crippen molar-refractivity contribution >= 4 is 17.1 Å². The summed E-state index contributed by atoms with van der Waals surface area (Å²) in [7, 11) is -4.96. The van der Waals surface area contributed by atoms with Gasteiger partial charge in [-0.3, -0.25) is 0 Å². The Balaban J connectivity index is 3.75. The highest BCUT2D eigenvalue weighted by molar-refractivity contribution is 6.78. The molecule has 0 heterocycles. The van der Waals surface area contributed by atoms with Gasteiger partial charge in [0.1, 0.15) is 0 Å². The van der Waals surface area contributed by atoms with Crippen LogP contribution in [0.2, 0.25) is 26.2 Å². The van der Waals surface area contributed by atoms with E-state index in [9.17, 15) is 0 Å². The van der Waals surface area contributed by atoms with Crippen LogP contribution in [0.5, 0.6) is 0 Å². The Morgan fingerprint density at radius 3 is 1.33 bits per heavy atom. The van der Waals surface area contributed by atoms with Gasteiger partial charge in [0.05, 0.1) is 0 Å². The minimum Gasteiger partial charge on any atom is -0.416 e. The highest BCUT2D eigenvalue weighted by Crippen LogP contribution is 2.07. The Morgan fingerprint density at radius 1 is 1.00 bits per heavy atom. The maximum absolute atomic E-state index is 8.86. The maximum Gasteiger partial charge on any atom is 0.481 e. The van der Waals surface area contributed by atoms with E-state index in [4.69, 9.17) is 13.7 Å². The molecule has 0 aromatic rings. The quantitative estimate of drug-likeness (QED) is 0.584. The van der Waals surface area contributed by atoms with Crippen molar-refractivity contribution < 1.29 is 13.7 Å². The van der Waals surface area contributed by atoms with Crippen LogP contribution in [0.4, 0.5) is 0 Å².